The van der Waals surface area contributed by atoms with Crippen LogP contribution in [0.3, 0.4) is 0 Å². The summed E-state index contributed by atoms with van der Waals surface area (Å²) in [5.41, 5.74) is 10.8. The number of carbonyl (C=O) groups excluding carboxylic acids is 2. The number of hydrogen-bond donors (Lipinski definition) is 4. The smallest absolute Gasteiger partial charge is 0.316 e. The first kappa shape index (κ1) is 14.8. The largest absolute Gasteiger partial charge is 0.381 e. The van der Waals surface area contributed by atoms with Crippen LogP contribution in [0.1, 0.15) is 12.8 Å². The van der Waals surface area contributed by atoms with Gasteiger partial charge in [0.15, 0.2) is 0 Å². The summed E-state index contributed by atoms with van der Waals surface area (Å²) < 4.78 is 4.94. The van der Waals surface area contributed by atoms with Crippen LogP contribution in [-0.2, 0) is 9.53 Å². The summed E-state index contributed by atoms with van der Waals surface area (Å²) in [6.45, 7) is 2.00. The van der Waals surface area contributed by atoms with Gasteiger partial charge < -0.3 is 15.8 Å². The Morgan fingerprint density at radius 2 is 1.84 bits per heavy atom. The van der Waals surface area contributed by atoms with Gasteiger partial charge in [0.05, 0.1) is 11.4 Å². The minimum absolute atomic E-state index is 0.487. The van der Waals surface area contributed by atoms with E-state index in [0.29, 0.717) is 17.8 Å². The molecule has 7 nitrogen and oxygen atoms in total. The number of hydrogen-bond acceptors (Lipinski definition) is 4. The zero-order chi connectivity index (χ0) is 13.9. The maximum Gasteiger partial charge on any atom is 0.316 e. The number of amides is 3. The highest BCUT2D eigenvalue weighted by molar-refractivity contribution is 5.91. The molecule has 1 aliphatic heterocycles. The summed E-state index contributed by atoms with van der Waals surface area (Å²) in [5, 5.41) is 2.40. The Labute approximate surface area is 111 Å². The highest BCUT2D eigenvalue weighted by Gasteiger charge is 2.01. The molecular formula is C12H18N4O3. The molecule has 5 N–H and O–H groups in total. The van der Waals surface area contributed by atoms with Gasteiger partial charge in [-0.25, -0.2) is 4.79 Å². The number of ether oxygens (including phenoxy) is 1. The minimum Gasteiger partial charge on any atom is -0.381 e. The molecule has 1 heterocycles. The van der Waals surface area contributed by atoms with Crippen molar-refractivity contribution < 1.29 is 14.3 Å². The molecule has 0 aromatic heterocycles. The van der Waals surface area contributed by atoms with E-state index in [1.165, 1.54) is 12.8 Å². The van der Waals surface area contributed by atoms with Gasteiger partial charge in [-0.05, 0) is 25.0 Å². The monoisotopic (exact) mass is 266 g/mol. The number of para-hydroxylation sites is 2. The van der Waals surface area contributed by atoms with Gasteiger partial charge in [-0.1, -0.05) is 12.1 Å². The molecule has 104 valence electrons. The molecule has 0 unspecified atom stereocenters. The third-order valence-corrected chi connectivity index (χ3v) is 2.28. The number of nitrogens with one attached hydrogen (secondary N) is 3. The van der Waals surface area contributed by atoms with Crippen LogP contribution in [0, 0.1) is 0 Å². The summed E-state index contributed by atoms with van der Waals surface area (Å²) in [6.07, 6.45) is 3.04. The van der Waals surface area contributed by atoms with Crippen molar-refractivity contribution in [3.8, 4) is 0 Å². The summed E-state index contributed by atoms with van der Waals surface area (Å²) >= 11 is 0. The summed E-state index contributed by atoms with van der Waals surface area (Å²) in [7, 11) is 0. The zero-order valence-electron chi connectivity index (χ0n) is 10.5. The molecule has 2 rings (SSSR count). The lowest BCUT2D eigenvalue weighted by Crippen LogP contribution is -2.23. The van der Waals surface area contributed by atoms with Gasteiger partial charge in [0, 0.05) is 13.2 Å². The topological polar surface area (TPSA) is 105 Å². The van der Waals surface area contributed by atoms with E-state index in [9.17, 15) is 9.59 Å². The molecule has 0 spiro atoms. The molecule has 7 heteroatoms. The SMILES string of the molecule is C1CCOC1.NC(=O)Nc1ccccc1NNC=O. The molecule has 0 atom stereocenters. The summed E-state index contributed by atoms with van der Waals surface area (Å²) in [6, 6.07) is 6.16. The van der Waals surface area contributed by atoms with E-state index < -0.39 is 6.03 Å². The van der Waals surface area contributed by atoms with Crippen molar-refractivity contribution in [2.24, 2.45) is 5.73 Å². The molecule has 1 aliphatic rings. The van der Waals surface area contributed by atoms with Crippen molar-refractivity contribution in [1.29, 1.82) is 0 Å². The summed E-state index contributed by atoms with van der Waals surface area (Å²) in [4.78, 5) is 20.6. The quantitative estimate of drug-likeness (QED) is 0.482. The van der Waals surface area contributed by atoms with Crippen LogP contribution in [0.15, 0.2) is 24.3 Å². The van der Waals surface area contributed by atoms with E-state index in [1.54, 1.807) is 24.3 Å². The Balaban J connectivity index is 0.000000300. The summed E-state index contributed by atoms with van der Waals surface area (Å²) in [5.74, 6) is 0. The van der Waals surface area contributed by atoms with Crippen molar-refractivity contribution in [3.05, 3.63) is 24.3 Å². The van der Waals surface area contributed by atoms with Gasteiger partial charge in [-0.3, -0.25) is 15.6 Å². The molecule has 0 radical (unpaired) electrons. The van der Waals surface area contributed by atoms with E-state index in [-0.39, 0.29) is 0 Å². The van der Waals surface area contributed by atoms with Crippen LogP contribution >= 0.6 is 0 Å². The number of nitrogens with two attached hydrogens (primary N) is 1. The number of carbonyl (C=O) groups is 2. The number of hydrazine groups is 1. The maximum atomic E-state index is 10.6. The van der Waals surface area contributed by atoms with Crippen LogP contribution in [0.5, 0.6) is 0 Å². The minimum atomic E-state index is -0.662. The maximum absolute atomic E-state index is 10.6. The standard InChI is InChI=1S/C8H10N4O2.C4H8O/c9-8(14)11-6-3-1-2-4-7(6)12-10-5-13;1-2-4-5-3-1/h1-5,12H,(H,10,13)(H3,9,11,14);1-4H2. The van der Waals surface area contributed by atoms with E-state index in [4.69, 9.17) is 10.5 Å². The van der Waals surface area contributed by atoms with Crippen LogP contribution < -0.4 is 21.9 Å². The van der Waals surface area contributed by atoms with Crippen molar-refractivity contribution in [2.45, 2.75) is 12.8 Å². The van der Waals surface area contributed by atoms with E-state index >= 15 is 0 Å². The zero-order valence-corrected chi connectivity index (χ0v) is 10.5. The highest BCUT2D eigenvalue weighted by atomic mass is 16.5. The van der Waals surface area contributed by atoms with Crippen molar-refractivity contribution in [2.75, 3.05) is 24.0 Å². The molecule has 0 aliphatic carbocycles. The molecule has 1 saturated heterocycles. The molecule has 0 bridgehead atoms. The van der Waals surface area contributed by atoms with Crippen molar-refractivity contribution in [1.82, 2.24) is 5.43 Å². The van der Waals surface area contributed by atoms with Gasteiger partial charge in [0.2, 0.25) is 6.41 Å². The predicted octanol–water partition coefficient (Wildman–Crippen LogP) is 1.05. The van der Waals surface area contributed by atoms with E-state index in [2.05, 4.69) is 16.2 Å². The molecule has 19 heavy (non-hydrogen) atoms. The molecule has 1 fully saturated rings. The Hall–Kier alpha value is -2.28. The predicted molar refractivity (Wildman–Crippen MR) is 72.5 cm³/mol. The lowest BCUT2D eigenvalue weighted by atomic mass is 10.3. The fraction of sp³-hybridized carbons (Fsp3) is 0.333. The Kier molecular flexibility index (Phi) is 6.81. The molecule has 3 amide bonds. The lowest BCUT2D eigenvalue weighted by molar-refractivity contribution is -0.109. The third-order valence-electron chi connectivity index (χ3n) is 2.28. The Morgan fingerprint density at radius 1 is 1.21 bits per heavy atom. The van der Waals surface area contributed by atoms with Gasteiger partial charge in [-0.2, -0.15) is 0 Å². The molecular weight excluding hydrogens is 248 g/mol. The van der Waals surface area contributed by atoms with E-state index in [0.717, 1.165) is 13.2 Å². The molecule has 0 saturated carbocycles. The van der Waals surface area contributed by atoms with Crippen LogP contribution in [0.2, 0.25) is 0 Å². The molecule has 1 aromatic rings. The van der Waals surface area contributed by atoms with Crippen LogP contribution in [0.4, 0.5) is 16.2 Å². The molecule has 1 aromatic carbocycles. The fourth-order valence-electron chi connectivity index (χ4n) is 1.45. The second-order valence-corrected chi connectivity index (χ2v) is 3.74. The first-order valence-electron chi connectivity index (χ1n) is 5.92. The fourth-order valence-corrected chi connectivity index (χ4v) is 1.45. The Morgan fingerprint density at radius 3 is 2.32 bits per heavy atom. The first-order chi connectivity index (χ1) is 9.24. The average molecular weight is 266 g/mol. The number of primary amides is 1. The van der Waals surface area contributed by atoms with Gasteiger partial charge >= 0.3 is 6.03 Å². The second kappa shape index (κ2) is 8.76. The number of urea groups is 1. The van der Waals surface area contributed by atoms with Crippen molar-refractivity contribution in [3.63, 3.8) is 0 Å². The van der Waals surface area contributed by atoms with Gasteiger partial charge in [-0.15, -0.1) is 0 Å². The second-order valence-electron chi connectivity index (χ2n) is 3.74. The number of rotatable bonds is 4. The number of anilines is 2. The van der Waals surface area contributed by atoms with Crippen LogP contribution in [0.25, 0.3) is 0 Å². The lowest BCUT2D eigenvalue weighted by Gasteiger charge is -2.09. The first-order valence-corrected chi connectivity index (χ1v) is 5.92. The van der Waals surface area contributed by atoms with Crippen molar-refractivity contribution >= 4 is 23.8 Å². The van der Waals surface area contributed by atoms with Crippen LogP contribution in [-0.4, -0.2) is 25.7 Å². The Bertz CT molecular complexity index is 400. The number of benzene rings is 1. The average Bonchev–Trinajstić information content (AvgIpc) is 2.96. The van der Waals surface area contributed by atoms with E-state index in [1.807, 2.05) is 0 Å². The van der Waals surface area contributed by atoms with Gasteiger partial charge in [0.25, 0.3) is 0 Å². The highest BCUT2D eigenvalue weighted by Crippen LogP contribution is 2.19. The third kappa shape index (κ3) is 6.27. The normalized spacial score (nSPS) is 12.8. The van der Waals surface area contributed by atoms with Gasteiger partial charge in [0.1, 0.15) is 0 Å².